The molecule has 0 saturated carbocycles. The monoisotopic (exact) mass is 196 g/mol. The molecule has 0 N–H and O–H groups in total. The molecule has 4 heteroatoms. The maximum atomic E-state index is 5.21. The van der Waals surface area contributed by atoms with Gasteiger partial charge in [0.25, 0.3) is 0 Å². The van der Waals surface area contributed by atoms with Crippen molar-refractivity contribution >= 4 is 27.5 Å². The van der Waals surface area contributed by atoms with Gasteiger partial charge < -0.3 is 9.31 Å². The molecule has 54 valence electrons. The van der Waals surface area contributed by atoms with E-state index in [1.165, 1.54) is 7.69 Å². The quantitative estimate of drug-likeness (QED) is 0.533. The van der Waals surface area contributed by atoms with Crippen molar-refractivity contribution in [1.29, 1.82) is 0 Å². The molecule has 1 rings (SSSR count). The van der Waals surface area contributed by atoms with Gasteiger partial charge in [0.15, 0.2) is 0 Å². The molecular weight excluding hydrogens is 185 g/mol. The average molecular weight is 197 g/mol. The maximum absolute atomic E-state index is 5.21. The molecule has 0 aromatic heterocycles. The zero-order chi connectivity index (χ0) is 7.12. The van der Waals surface area contributed by atoms with Gasteiger partial charge in [0.1, 0.15) is 0 Å². The van der Waals surface area contributed by atoms with Crippen LogP contribution in [0.2, 0.25) is 0 Å². The molecule has 2 nitrogen and oxygen atoms in total. The fourth-order valence-corrected chi connectivity index (χ4v) is 0.548. The Bertz CT molecular complexity index is 111. The largest absolute Gasteiger partial charge is 0.488 e. The third-order valence-electron chi connectivity index (χ3n) is 2.14. The van der Waals surface area contributed by atoms with Crippen LogP contribution in [0.4, 0.5) is 0 Å². The van der Waals surface area contributed by atoms with Gasteiger partial charge in [-0.1, -0.05) is 0 Å². The van der Waals surface area contributed by atoms with E-state index < -0.39 is 0 Å². The van der Waals surface area contributed by atoms with Gasteiger partial charge in [-0.05, 0) is 27.7 Å². The third kappa shape index (κ3) is 1.61. The van der Waals surface area contributed by atoms with Crippen LogP contribution in [0.5, 0.6) is 0 Å². The molecule has 1 aliphatic heterocycles. The molecule has 0 amide bonds. The summed E-state index contributed by atoms with van der Waals surface area (Å²) >= 11 is 0. The summed E-state index contributed by atoms with van der Waals surface area (Å²) in [5.74, 6) is 0. The minimum atomic E-state index is -0.188. The van der Waals surface area contributed by atoms with Crippen molar-refractivity contribution in [2.75, 3.05) is 0 Å². The zero-order valence-corrected chi connectivity index (χ0v) is 9.39. The van der Waals surface area contributed by atoms with Crippen LogP contribution in [-0.4, -0.2) is 38.7 Å². The first kappa shape index (κ1) is 10.6. The molecule has 1 saturated heterocycles. The molecule has 0 aromatic carbocycles. The van der Waals surface area contributed by atoms with E-state index in [0.29, 0.717) is 0 Å². The normalized spacial score (nSPS) is 26.8. The second-order valence-electron chi connectivity index (χ2n) is 3.35. The Kier molecular flexibility index (Phi) is 3.11. The van der Waals surface area contributed by atoms with Crippen LogP contribution in [0.25, 0.3) is 0 Å². The SMILES string of the molecule is CC1(C)O[B]OC1(C)C.[Ga]. The van der Waals surface area contributed by atoms with Gasteiger partial charge in [0.05, 0.1) is 11.2 Å². The molecule has 0 aromatic rings. The standard InChI is InChI=1S/C6H12BO2.Ga/c1-5(2)6(3,4)9-7-8-5;/h1-4H3;. The zero-order valence-electron chi connectivity index (χ0n) is 6.97. The molecule has 1 fully saturated rings. The van der Waals surface area contributed by atoms with Gasteiger partial charge in [-0.15, -0.1) is 0 Å². The van der Waals surface area contributed by atoms with E-state index in [9.17, 15) is 0 Å². The first-order valence-electron chi connectivity index (χ1n) is 3.13. The van der Waals surface area contributed by atoms with Crippen molar-refractivity contribution in [2.24, 2.45) is 0 Å². The maximum Gasteiger partial charge on any atom is 0.488 e. The van der Waals surface area contributed by atoms with Gasteiger partial charge in [0, 0.05) is 19.8 Å². The van der Waals surface area contributed by atoms with E-state index in [1.54, 1.807) is 0 Å². The summed E-state index contributed by atoms with van der Waals surface area (Å²) in [5, 5.41) is 0. The molecule has 4 radical (unpaired) electrons. The van der Waals surface area contributed by atoms with Crippen LogP contribution in [0.1, 0.15) is 27.7 Å². The summed E-state index contributed by atoms with van der Waals surface area (Å²) in [5.41, 5.74) is -0.375. The van der Waals surface area contributed by atoms with Crippen LogP contribution in [0.3, 0.4) is 0 Å². The number of hydrogen-bond acceptors (Lipinski definition) is 2. The molecule has 0 unspecified atom stereocenters. The molecule has 1 heterocycles. The third-order valence-corrected chi connectivity index (χ3v) is 2.14. The fourth-order valence-electron chi connectivity index (χ4n) is 0.548. The van der Waals surface area contributed by atoms with Gasteiger partial charge in [-0.3, -0.25) is 0 Å². The predicted molar refractivity (Wildman–Crippen MR) is 41.8 cm³/mol. The van der Waals surface area contributed by atoms with Crippen LogP contribution in [0, 0.1) is 0 Å². The molecule has 0 atom stereocenters. The summed E-state index contributed by atoms with van der Waals surface area (Å²) in [7, 11) is 1.42. The van der Waals surface area contributed by atoms with E-state index in [0.717, 1.165) is 0 Å². The number of hydrogen-bond donors (Lipinski definition) is 0. The van der Waals surface area contributed by atoms with E-state index in [4.69, 9.17) is 9.31 Å². The number of rotatable bonds is 0. The predicted octanol–water partition coefficient (Wildman–Crippen LogP) is 0.744. The summed E-state index contributed by atoms with van der Waals surface area (Å²) < 4.78 is 10.4. The van der Waals surface area contributed by atoms with Crippen LogP contribution in [-0.2, 0) is 9.31 Å². The molecule has 0 spiro atoms. The first-order valence-corrected chi connectivity index (χ1v) is 3.13. The van der Waals surface area contributed by atoms with Crippen LogP contribution in [0.15, 0.2) is 0 Å². The van der Waals surface area contributed by atoms with E-state index in [-0.39, 0.29) is 31.0 Å². The van der Waals surface area contributed by atoms with Crippen molar-refractivity contribution in [3.05, 3.63) is 0 Å². The molecule has 0 bridgehead atoms. The van der Waals surface area contributed by atoms with E-state index in [1.807, 2.05) is 27.7 Å². The average Bonchev–Trinajstić information content (AvgIpc) is 1.81. The Labute approximate surface area is 76.0 Å². The van der Waals surface area contributed by atoms with Crippen molar-refractivity contribution in [3.8, 4) is 0 Å². The van der Waals surface area contributed by atoms with Gasteiger partial charge in [-0.2, -0.15) is 0 Å². The Hall–Kier alpha value is 0.621. The van der Waals surface area contributed by atoms with Crippen molar-refractivity contribution in [1.82, 2.24) is 0 Å². The Balaban J connectivity index is 0.000000810. The fraction of sp³-hybridized carbons (Fsp3) is 1.00. The Morgan fingerprint density at radius 1 is 0.900 bits per heavy atom. The summed E-state index contributed by atoms with van der Waals surface area (Å²) in [4.78, 5) is 0. The molecular formula is C6H12BGaO2. The summed E-state index contributed by atoms with van der Waals surface area (Å²) in [6.07, 6.45) is 0. The van der Waals surface area contributed by atoms with Gasteiger partial charge >= 0.3 is 7.69 Å². The van der Waals surface area contributed by atoms with Gasteiger partial charge in [0.2, 0.25) is 0 Å². The molecule has 10 heavy (non-hydrogen) atoms. The van der Waals surface area contributed by atoms with Gasteiger partial charge in [-0.25, -0.2) is 0 Å². The van der Waals surface area contributed by atoms with Crippen LogP contribution < -0.4 is 0 Å². The summed E-state index contributed by atoms with van der Waals surface area (Å²) in [6, 6.07) is 0. The second kappa shape index (κ2) is 2.93. The van der Waals surface area contributed by atoms with Crippen molar-refractivity contribution in [2.45, 2.75) is 38.9 Å². The van der Waals surface area contributed by atoms with Crippen molar-refractivity contribution < 1.29 is 9.31 Å². The second-order valence-corrected chi connectivity index (χ2v) is 3.35. The van der Waals surface area contributed by atoms with Crippen molar-refractivity contribution in [3.63, 3.8) is 0 Å². The van der Waals surface area contributed by atoms with E-state index >= 15 is 0 Å². The molecule has 1 aliphatic rings. The minimum Gasteiger partial charge on any atom is -0.405 e. The smallest absolute Gasteiger partial charge is 0.405 e. The van der Waals surface area contributed by atoms with E-state index in [2.05, 4.69) is 0 Å². The minimum absolute atomic E-state index is 0. The topological polar surface area (TPSA) is 18.5 Å². The Morgan fingerprint density at radius 3 is 1.30 bits per heavy atom. The first-order chi connectivity index (χ1) is 3.96. The molecule has 0 aliphatic carbocycles. The summed E-state index contributed by atoms with van der Waals surface area (Å²) in [6.45, 7) is 8.04. The van der Waals surface area contributed by atoms with Crippen LogP contribution >= 0.6 is 0 Å². The Morgan fingerprint density at radius 2 is 1.20 bits per heavy atom.